The number of amides is 2. The second-order valence-corrected chi connectivity index (χ2v) is 10.2. The van der Waals surface area contributed by atoms with Crippen LogP contribution < -0.4 is 4.90 Å². The van der Waals surface area contributed by atoms with Crippen LogP contribution in [0.15, 0.2) is 28.0 Å². The Morgan fingerprint density at radius 2 is 1.76 bits per heavy atom. The maximum atomic E-state index is 12.9. The van der Waals surface area contributed by atoms with Crippen LogP contribution in [-0.4, -0.2) is 67.9 Å². The Labute approximate surface area is 177 Å². The number of anilines is 1. The monoisotopic (exact) mass is 439 g/mol. The molecule has 1 fully saturated rings. The van der Waals surface area contributed by atoms with Crippen molar-refractivity contribution >= 4 is 39.3 Å². The summed E-state index contributed by atoms with van der Waals surface area (Å²) in [6.07, 6.45) is 4.22. The standard InChI is InChI=1S/C20H29N3O4S2/c1-3-22(4-2)29(26,27)16-9-10-18-17(13-16)23(20(25)15-28-18)14-19(24)21-11-7-5-6-8-12-21/h9-10,13H,3-8,11-12,14-15H2,1-2H3. The molecule has 0 N–H and O–H groups in total. The Hall–Kier alpha value is -1.58. The Morgan fingerprint density at radius 1 is 1.10 bits per heavy atom. The zero-order valence-corrected chi connectivity index (χ0v) is 18.7. The normalized spacial score (nSPS) is 18.0. The minimum absolute atomic E-state index is 0.0405. The highest BCUT2D eigenvalue weighted by molar-refractivity contribution is 8.00. The van der Waals surface area contributed by atoms with Crippen molar-refractivity contribution in [3.8, 4) is 0 Å². The molecule has 0 spiro atoms. The molecule has 2 aliphatic rings. The number of carbonyl (C=O) groups excluding carboxylic acids is 2. The number of benzene rings is 1. The van der Waals surface area contributed by atoms with Gasteiger partial charge in [-0.3, -0.25) is 9.59 Å². The van der Waals surface area contributed by atoms with Gasteiger partial charge < -0.3 is 9.80 Å². The van der Waals surface area contributed by atoms with Crippen molar-refractivity contribution < 1.29 is 18.0 Å². The maximum absolute atomic E-state index is 12.9. The van der Waals surface area contributed by atoms with E-state index < -0.39 is 10.0 Å². The lowest BCUT2D eigenvalue weighted by atomic mass is 10.2. The molecule has 1 aromatic carbocycles. The van der Waals surface area contributed by atoms with Crippen LogP contribution in [-0.2, 0) is 19.6 Å². The molecule has 1 saturated heterocycles. The highest BCUT2D eigenvalue weighted by atomic mass is 32.2. The molecule has 2 aliphatic heterocycles. The van der Waals surface area contributed by atoms with E-state index in [0.717, 1.165) is 43.7 Å². The summed E-state index contributed by atoms with van der Waals surface area (Å²) in [6, 6.07) is 4.87. The SMILES string of the molecule is CCN(CC)S(=O)(=O)c1ccc2c(c1)N(CC(=O)N1CCCCCC1)C(=O)CS2. The molecule has 0 unspecified atom stereocenters. The summed E-state index contributed by atoms with van der Waals surface area (Å²) >= 11 is 1.38. The van der Waals surface area contributed by atoms with Crippen LogP contribution in [0.5, 0.6) is 0 Å². The minimum Gasteiger partial charge on any atom is -0.341 e. The first-order valence-corrected chi connectivity index (χ1v) is 12.7. The second-order valence-electron chi connectivity index (χ2n) is 7.28. The van der Waals surface area contributed by atoms with E-state index >= 15 is 0 Å². The van der Waals surface area contributed by atoms with E-state index in [-0.39, 0.29) is 29.0 Å². The van der Waals surface area contributed by atoms with Gasteiger partial charge in [-0.2, -0.15) is 4.31 Å². The predicted molar refractivity (Wildman–Crippen MR) is 115 cm³/mol. The summed E-state index contributed by atoms with van der Waals surface area (Å²) in [5, 5.41) is 0. The Morgan fingerprint density at radius 3 is 2.38 bits per heavy atom. The number of hydrogen-bond donors (Lipinski definition) is 0. The fourth-order valence-corrected chi connectivity index (χ4v) is 6.18. The first-order chi connectivity index (χ1) is 13.9. The van der Waals surface area contributed by atoms with Crippen molar-refractivity contribution in [2.45, 2.75) is 49.3 Å². The van der Waals surface area contributed by atoms with Gasteiger partial charge in [0.25, 0.3) is 0 Å². The summed E-state index contributed by atoms with van der Waals surface area (Å²) in [7, 11) is -3.64. The van der Waals surface area contributed by atoms with E-state index in [9.17, 15) is 18.0 Å². The van der Waals surface area contributed by atoms with Gasteiger partial charge in [0.1, 0.15) is 6.54 Å². The molecule has 0 atom stereocenters. The maximum Gasteiger partial charge on any atom is 0.243 e. The zero-order chi connectivity index (χ0) is 21.0. The Balaban J connectivity index is 1.89. The lowest BCUT2D eigenvalue weighted by Crippen LogP contribution is -2.45. The number of nitrogens with zero attached hydrogens (tertiary/aromatic N) is 3. The van der Waals surface area contributed by atoms with Crippen LogP contribution in [0.2, 0.25) is 0 Å². The summed E-state index contributed by atoms with van der Waals surface area (Å²) < 4.78 is 27.2. The molecule has 29 heavy (non-hydrogen) atoms. The number of rotatable bonds is 6. The van der Waals surface area contributed by atoms with Crippen LogP contribution in [0.3, 0.4) is 0 Å². The number of sulfonamides is 1. The number of likely N-dealkylation sites (tertiary alicyclic amines) is 1. The largest absolute Gasteiger partial charge is 0.341 e. The first-order valence-electron chi connectivity index (χ1n) is 10.2. The number of fused-ring (bicyclic) bond motifs is 1. The molecule has 9 heteroatoms. The lowest BCUT2D eigenvalue weighted by Gasteiger charge is -2.31. The van der Waals surface area contributed by atoms with Gasteiger partial charge in [-0.05, 0) is 31.0 Å². The zero-order valence-electron chi connectivity index (χ0n) is 17.1. The van der Waals surface area contributed by atoms with Crippen LogP contribution >= 0.6 is 11.8 Å². The molecule has 2 heterocycles. The average Bonchev–Trinajstić information content (AvgIpc) is 3.00. The first kappa shape index (κ1) is 22.1. The smallest absolute Gasteiger partial charge is 0.243 e. The molecule has 2 amide bonds. The lowest BCUT2D eigenvalue weighted by molar-refractivity contribution is -0.131. The third kappa shape index (κ3) is 4.78. The average molecular weight is 440 g/mol. The molecule has 3 rings (SSSR count). The fourth-order valence-electron chi connectivity index (χ4n) is 3.78. The van der Waals surface area contributed by atoms with E-state index in [4.69, 9.17) is 0 Å². The number of carbonyl (C=O) groups is 2. The topological polar surface area (TPSA) is 78.0 Å². The quantitative estimate of drug-likeness (QED) is 0.681. The molecular formula is C20H29N3O4S2. The highest BCUT2D eigenvalue weighted by Crippen LogP contribution is 2.37. The molecule has 160 valence electrons. The van der Waals surface area contributed by atoms with Crippen molar-refractivity contribution in [3.63, 3.8) is 0 Å². The summed E-state index contributed by atoms with van der Waals surface area (Å²) in [5.74, 6) is 0.0146. The molecular weight excluding hydrogens is 410 g/mol. The number of hydrogen-bond acceptors (Lipinski definition) is 5. The van der Waals surface area contributed by atoms with Crippen LogP contribution in [0.4, 0.5) is 5.69 Å². The summed E-state index contributed by atoms with van der Waals surface area (Å²) in [4.78, 5) is 29.8. The van der Waals surface area contributed by atoms with Gasteiger partial charge in [-0.15, -0.1) is 11.8 Å². The van der Waals surface area contributed by atoms with Gasteiger partial charge in [0.05, 0.1) is 16.3 Å². The van der Waals surface area contributed by atoms with Gasteiger partial charge in [-0.25, -0.2) is 8.42 Å². The van der Waals surface area contributed by atoms with E-state index in [1.54, 1.807) is 32.0 Å². The fraction of sp³-hybridized carbons (Fsp3) is 0.600. The molecule has 0 bridgehead atoms. The van der Waals surface area contributed by atoms with Crippen molar-refractivity contribution in [2.75, 3.05) is 43.4 Å². The molecule has 0 aliphatic carbocycles. The third-order valence-electron chi connectivity index (χ3n) is 5.47. The van der Waals surface area contributed by atoms with E-state index in [1.807, 2.05) is 4.90 Å². The van der Waals surface area contributed by atoms with Gasteiger partial charge in [0, 0.05) is 31.1 Å². The van der Waals surface area contributed by atoms with E-state index in [0.29, 0.717) is 18.8 Å². The summed E-state index contributed by atoms with van der Waals surface area (Å²) in [5.41, 5.74) is 0.516. The highest BCUT2D eigenvalue weighted by Gasteiger charge is 2.31. The Bertz CT molecular complexity index is 860. The van der Waals surface area contributed by atoms with Crippen LogP contribution in [0.25, 0.3) is 0 Å². The Kier molecular flexibility index (Phi) is 7.23. The van der Waals surface area contributed by atoms with Gasteiger partial charge in [0.2, 0.25) is 21.8 Å². The van der Waals surface area contributed by atoms with Crippen molar-refractivity contribution in [1.29, 1.82) is 0 Å². The molecule has 0 aromatic heterocycles. The van der Waals surface area contributed by atoms with Crippen LogP contribution in [0, 0.1) is 0 Å². The third-order valence-corrected chi connectivity index (χ3v) is 8.56. The molecule has 7 nitrogen and oxygen atoms in total. The molecule has 0 saturated carbocycles. The minimum atomic E-state index is -3.64. The van der Waals surface area contributed by atoms with Gasteiger partial charge >= 0.3 is 0 Å². The van der Waals surface area contributed by atoms with Crippen molar-refractivity contribution in [3.05, 3.63) is 18.2 Å². The number of thioether (sulfide) groups is 1. The van der Waals surface area contributed by atoms with Gasteiger partial charge in [-0.1, -0.05) is 26.7 Å². The summed E-state index contributed by atoms with van der Waals surface area (Å²) in [6.45, 7) is 5.75. The van der Waals surface area contributed by atoms with Crippen LogP contribution in [0.1, 0.15) is 39.5 Å². The van der Waals surface area contributed by atoms with E-state index in [2.05, 4.69) is 0 Å². The van der Waals surface area contributed by atoms with Crippen molar-refractivity contribution in [2.24, 2.45) is 0 Å². The molecule has 1 aromatic rings. The second kappa shape index (κ2) is 9.49. The molecule has 0 radical (unpaired) electrons. The van der Waals surface area contributed by atoms with Gasteiger partial charge in [0.15, 0.2) is 0 Å². The van der Waals surface area contributed by atoms with Crippen molar-refractivity contribution in [1.82, 2.24) is 9.21 Å². The van der Waals surface area contributed by atoms with E-state index in [1.165, 1.54) is 21.0 Å². The predicted octanol–water partition coefficient (Wildman–Crippen LogP) is 2.56.